The number of hydrogen-bond donors (Lipinski definition) is 0. The summed E-state index contributed by atoms with van der Waals surface area (Å²) in [4.78, 5) is 2.37. The van der Waals surface area contributed by atoms with E-state index in [1.165, 1.54) is 65.6 Å². The largest absolute Gasteiger partial charge is 0.310 e. The van der Waals surface area contributed by atoms with Crippen molar-refractivity contribution in [3.05, 3.63) is 206 Å². The predicted octanol–water partition coefficient (Wildman–Crippen LogP) is 13.9. The van der Waals surface area contributed by atoms with Gasteiger partial charge in [0.2, 0.25) is 0 Å². The van der Waals surface area contributed by atoms with E-state index >= 15 is 0 Å². The van der Waals surface area contributed by atoms with Crippen LogP contribution >= 0.6 is 0 Å². The van der Waals surface area contributed by atoms with Gasteiger partial charge in [-0.25, -0.2) is 0 Å². The standard InChI is InChI=1S/C50H34N2/c1-3-15-43(16-4-1)51(46-28-29-48-47-20-9-10-21-49(47)52(50(48)34-46)44-17-5-2-6-18-44)45-19-11-14-38(33-45)40-26-23-36-24-27-41(32-42(36)31-40)39-25-22-35-12-7-8-13-37(35)30-39/h1-34H. The Balaban J connectivity index is 1.09. The Morgan fingerprint density at radius 3 is 1.58 bits per heavy atom. The van der Waals surface area contributed by atoms with E-state index in [2.05, 4.69) is 216 Å². The molecule has 0 spiro atoms. The third-order valence-corrected chi connectivity index (χ3v) is 10.3. The molecule has 1 heterocycles. The van der Waals surface area contributed by atoms with Crippen molar-refractivity contribution < 1.29 is 0 Å². The zero-order valence-corrected chi connectivity index (χ0v) is 28.5. The molecule has 0 aliphatic carbocycles. The maximum atomic E-state index is 2.38. The molecule has 10 rings (SSSR count). The summed E-state index contributed by atoms with van der Waals surface area (Å²) in [5.74, 6) is 0. The highest BCUT2D eigenvalue weighted by Crippen LogP contribution is 2.41. The van der Waals surface area contributed by atoms with Gasteiger partial charge >= 0.3 is 0 Å². The zero-order valence-electron chi connectivity index (χ0n) is 28.5. The number of benzene rings is 9. The molecule has 0 saturated heterocycles. The van der Waals surface area contributed by atoms with Gasteiger partial charge in [-0.1, -0.05) is 133 Å². The maximum Gasteiger partial charge on any atom is 0.0561 e. The zero-order chi connectivity index (χ0) is 34.4. The summed E-state index contributed by atoms with van der Waals surface area (Å²) in [6, 6.07) is 74.8. The average Bonchev–Trinajstić information content (AvgIpc) is 3.55. The van der Waals surface area contributed by atoms with Gasteiger partial charge in [0, 0.05) is 33.5 Å². The molecule has 2 nitrogen and oxygen atoms in total. The molecule has 1 aromatic heterocycles. The van der Waals surface area contributed by atoms with Gasteiger partial charge in [-0.2, -0.15) is 0 Å². The van der Waals surface area contributed by atoms with Crippen molar-refractivity contribution in [3.8, 4) is 27.9 Å². The van der Waals surface area contributed by atoms with Gasteiger partial charge in [-0.15, -0.1) is 0 Å². The third kappa shape index (κ3) is 5.21. The van der Waals surface area contributed by atoms with Gasteiger partial charge in [0.1, 0.15) is 0 Å². The summed E-state index contributed by atoms with van der Waals surface area (Å²) in [6.45, 7) is 0. The summed E-state index contributed by atoms with van der Waals surface area (Å²) < 4.78 is 2.38. The van der Waals surface area contributed by atoms with Crippen LogP contribution < -0.4 is 4.90 Å². The third-order valence-electron chi connectivity index (χ3n) is 10.3. The fourth-order valence-electron chi connectivity index (χ4n) is 7.78. The maximum absolute atomic E-state index is 2.38. The second kappa shape index (κ2) is 12.5. The van der Waals surface area contributed by atoms with Crippen LogP contribution in [0, 0.1) is 0 Å². The van der Waals surface area contributed by atoms with Crippen LogP contribution in [0.1, 0.15) is 0 Å². The molecule has 0 amide bonds. The van der Waals surface area contributed by atoms with Crippen LogP contribution in [0.15, 0.2) is 206 Å². The monoisotopic (exact) mass is 662 g/mol. The molecule has 0 radical (unpaired) electrons. The Morgan fingerprint density at radius 2 is 0.827 bits per heavy atom. The first-order valence-electron chi connectivity index (χ1n) is 17.8. The number of para-hydroxylation sites is 3. The van der Waals surface area contributed by atoms with E-state index in [1.807, 2.05) is 0 Å². The molecule has 244 valence electrons. The van der Waals surface area contributed by atoms with E-state index in [4.69, 9.17) is 0 Å². The molecule has 0 fully saturated rings. The summed E-state index contributed by atoms with van der Waals surface area (Å²) in [5, 5.41) is 7.47. The number of nitrogens with zero attached hydrogens (tertiary/aromatic N) is 2. The van der Waals surface area contributed by atoms with Crippen molar-refractivity contribution >= 4 is 60.4 Å². The van der Waals surface area contributed by atoms with Gasteiger partial charge in [-0.05, 0) is 117 Å². The molecule has 9 aromatic carbocycles. The molecule has 2 heteroatoms. The van der Waals surface area contributed by atoms with Crippen molar-refractivity contribution in [1.29, 1.82) is 0 Å². The topological polar surface area (TPSA) is 8.17 Å². The van der Waals surface area contributed by atoms with Gasteiger partial charge in [-0.3, -0.25) is 0 Å². The number of hydrogen-bond acceptors (Lipinski definition) is 1. The van der Waals surface area contributed by atoms with E-state index < -0.39 is 0 Å². The van der Waals surface area contributed by atoms with Crippen molar-refractivity contribution in [1.82, 2.24) is 4.57 Å². The molecule has 0 bridgehead atoms. The Morgan fingerprint density at radius 1 is 0.288 bits per heavy atom. The first-order chi connectivity index (χ1) is 25.8. The smallest absolute Gasteiger partial charge is 0.0561 e. The molecular weight excluding hydrogens is 629 g/mol. The van der Waals surface area contributed by atoms with Crippen LogP contribution in [0.4, 0.5) is 17.1 Å². The molecule has 10 aromatic rings. The van der Waals surface area contributed by atoms with Crippen LogP contribution in [0.2, 0.25) is 0 Å². The van der Waals surface area contributed by atoms with Crippen LogP contribution in [-0.2, 0) is 0 Å². The molecule has 0 saturated carbocycles. The normalized spacial score (nSPS) is 11.5. The van der Waals surface area contributed by atoms with E-state index in [1.54, 1.807) is 0 Å². The lowest BCUT2D eigenvalue weighted by atomic mass is 9.96. The lowest BCUT2D eigenvalue weighted by Crippen LogP contribution is -2.10. The van der Waals surface area contributed by atoms with Crippen LogP contribution in [0.3, 0.4) is 0 Å². The predicted molar refractivity (Wildman–Crippen MR) is 221 cm³/mol. The summed E-state index contributed by atoms with van der Waals surface area (Å²) in [6.07, 6.45) is 0. The lowest BCUT2D eigenvalue weighted by Gasteiger charge is -2.26. The molecular formula is C50H34N2. The van der Waals surface area contributed by atoms with Crippen molar-refractivity contribution in [2.45, 2.75) is 0 Å². The highest BCUT2D eigenvalue weighted by atomic mass is 15.1. The van der Waals surface area contributed by atoms with Crippen LogP contribution in [0.5, 0.6) is 0 Å². The SMILES string of the molecule is c1ccc(N(c2cccc(-c3ccc4ccc(-c5ccc6ccccc6c5)cc4c3)c2)c2ccc3c4ccccc4n(-c4ccccc4)c3c2)cc1. The summed E-state index contributed by atoms with van der Waals surface area (Å²) in [7, 11) is 0. The van der Waals surface area contributed by atoms with Crippen molar-refractivity contribution in [2.24, 2.45) is 0 Å². The lowest BCUT2D eigenvalue weighted by molar-refractivity contribution is 1.18. The summed E-state index contributed by atoms with van der Waals surface area (Å²) in [5.41, 5.74) is 11.7. The van der Waals surface area contributed by atoms with Crippen LogP contribution in [-0.4, -0.2) is 4.57 Å². The van der Waals surface area contributed by atoms with E-state index in [9.17, 15) is 0 Å². The van der Waals surface area contributed by atoms with Gasteiger partial charge in [0.25, 0.3) is 0 Å². The minimum absolute atomic E-state index is 1.11. The number of anilines is 3. The first kappa shape index (κ1) is 30.0. The molecule has 0 atom stereocenters. The average molecular weight is 663 g/mol. The van der Waals surface area contributed by atoms with Gasteiger partial charge < -0.3 is 9.47 Å². The first-order valence-corrected chi connectivity index (χ1v) is 17.8. The Kier molecular flexibility index (Phi) is 7.18. The van der Waals surface area contributed by atoms with E-state index in [0.717, 1.165) is 22.7 Å². The Bertz CT molecular complexity index is 2900. The molecule has 52 heavy (non-hydrogen) atoms. The fourth-order valence-corrected chi connectivity index (χ4v) is 7.78. The fraction of sp³-hybridized carbons (Fsp3) is 0. The van der Waals surface area contributed by atoms with Gasteiger partial charge in [0.05, 0.1) is 11.0 Å². The molecule has 0 aliphatic rings. The number of aromatic nitrogens is 1. The second-order valence-electron chi connectivity index (χ2n) is 13.4. The van der Waals surface area contributed by atoms with Crippen LogP contribution in [0.25, 0.3) is 71.3 Å². The summed E-state index contributed by atoms with van der Waals surface area (Å²) >= 11 is 0. The Labute approximate surface area is 303 Å². The van der Waals surface area contributed by atoms with Crippen molar-refractivity contribution in [2.75, 3.05) is 4.90 Å². The van der Waals surface area contributed by atoms with Gasteiger partial charge in [0.15, 0.2) is 0 Å². The minimum atomic E-state index is 1.11. The van der Waals surface area contributed by atoms with E-state index in [-0.39, 0.29) is 0 Å². The number of rotatable bonds is 6. The second-order valence-corrected chi connectivity index (χ2v) is 13.4. The van der Waals surface area contributed by atoms with E-state index in [0.29, 0.717) is 0 Å². The highest BCUT2D eigenvalue weighted by Gasteiger charge is 2.18. The number of fused-ring (bicyclic) bond motifs is 5. The quantitative estimate of drug-likeness (QED) is 0.172. The highest BCUT2D eigenvalue weighted by molar-refractivity contribution is 6.10. The minimum Gasteiger partial charge on any atom is -0.310 e. The molecule has 0 aliphatic heterocycles. The molecule has 0 N–H and O–H groups in total. The Hall–Kier alpha value is -6.90. The molecule has 0 unspecified atom stereocenters. The van der Waals surface area contributed by atoms with Crippen molar-refractivity contribution in [3.63, 3.8) is 0 Å².